The minimum absolute atomic E-state index is 0.100. The molecule has 2 heterocycles. The average Bonchev–Trinajstić information content (AvgIpc) is 2.63. The van der Waals surface area contributed by atoms with E-state index in [1.807, 2.05) is 36.2 Å². The van der Waals surface area contributed by atoms with Crippen molar-refractivity contribution in [3.8, 4) is 0 Å². The molecule has 1 fully saturated rings. The number of nitrogens with one attached hydrogen (secondary N) is 1. The maximum Gasteiger partial charge on any atom is 0.353 e. The van der Waals surface area contributed by atoms with Gasteiger partial charge in [-0.05, 0) is 57.2 Å². The van der Waals surface area contributed by atoms with E-state index in [1.54, 1.807) is 0 Å². The number of rotatable bonds is 5. The molecule has 0 atom stereocenters. The lowest BCUT2D eigenvalue weighted by Gasteiger charge is -2.35. The van der Waals surface area contributed by atoms with Gasteiger partial charge in [0, 0.05) is 23.2 Å². The first-order chi connectivity index (χ1) is 12.5. The Morgan fingerprint density at radius 3 is 2.54 bits per heavy atom. The molecule has 0 bridgehead atoms. The molecule has 0 saturated carbocycles. The summed E-state index contributed by atoms with van der Waals surface area (Å²) in [5.74, 6) is 0.543. The monoisotopic (exact) mass is 420 g/mol. The van der Waals surface area contributed by atoms with Gasteiger partial charge in [0.1, 0.15) is 6.33 Å². The topological polar surface area (TPSA) is 87.4 Å². The SMILES string of the molecule is CN1CCC(N(C)c2ncnc(Nc3ccc(Br)cc3)c2[N+](=O)[O-])CC1. The van der Waals surface area contributed by atoms with Crippen LogP contribution in [0.4, 0.5) is 23.0 Å². The lowest BCUT2D eigenvalue weighted by molar-refractivity contribution is -0.383. The number of anilines is 3. The van der Waals surface area contributed by atoms with Crippen LogP contribution in [0.1, 0.15) is 12.8 Å². The minimum atomic E-state index is -0.415. The zero-order valence-electron chi connectivity index (χ0n) is 14.7. The second-order valence-electron chi connectivity index (χ2n) is 6.43. The summed E-state index contributed by atoms with van der Waals surface area (Å²) in [5, 5.41) is 14.8. The van der Waals surface area contributed by atoms with Crippen LogP contribution in [0.25, 0.3) is 0 Å². The van der Waals surface area contributed by atoms with Crippen molar-refractivity contribution < 1.29 is 4.92 Å². The van der Waals surface area contributed by atoms with E-state index >= 15 is 0 Å². The summed E-state index contributed by atoms with van der Waals surface area (Å²) in [4.78, 5) is 23.9. The van der Waals surface area contributed by atoms with Gasteiger partial charge in [0.25, 0.3) is 0 Å². The van der Waals surface area contributed by atoms with E-state index in [-0.39, 0.29) is 17.5 Å². The van der Waals surface area contributed by atoms with Gasteiger partial charge in [-0.2, -0.15) is 0 Å². The van der Waals surface area contributed by atoms with Crippen LogP contribution in [0, 0.1) is 10.1 Å². The van der Waals surface area contributed by atoms with Crippen molar-refractivity contribution in [2.45, 2.75) is 18.9 Å². The third kappa shape index (κ3) is 4.10. The van der Waals surface area contributed by atoms with Gasteiger partial charge < -0.3 is 15.1 Å². The number of hydrogen-bond acceptors (Lipinski definition) is 7. The summed E-state index contributed by atoms with van der Waals surface area (Å²) in [5.41, 5.74) is 0.625. The van der Waals surface area contributed by atoms with Crippen molar-refractivity contribution in [1.29, 1.82) is 0 Å². The highest BCUT2D eigenvalue weighted by Crippen LogP contribution is 2.35. The van der Waals surface area contributed by atoms with Gasteiger partial charge in [-0.15, -0.1) is 0 Å². The average molecular weight is 421 g/mol. The molecule has 1 aromatic heterocycles. The third-order valence-electron chi connectivity index (χ3n) is 4.66. The fourth-order valence-electron chi connectivity index (χ4n) is 3.11. The summed E-state index contributed by atoms with van der Waals surface area (Å²) >= 11 is 3.38. The summed E-state index contributed by atoms with van der Waals surface area (Å²) in [6.45, 7) is 1.94. The van der Waals surface area contributed by atoms with E-state index < -0.39 is 4.92 Å². The van der Waals surface area contributed by atoms with Gasteiger partial charge in [-0.25, -0.2) is 9.97 Å². The number of likely N-dealkylation sites (tertiary alicyclic amines) is 1. The molecule has 9 heteroatoms. The summed E-state index contributed by atoms with van der Waals surface area (Å²) in [6.07, 6.45) is 3.27. The van der Waals surface area contributed by atoms with E-state index in [0.29, 0.717) is 5.82 Å². The molecule has 0 unspecified atom stereocenters. The standard InChI is InChI=1S/C17H21BrN6O2/c1-22-9-7-14(8-10-22)23(2)17-15(24(25)26)16(19-11-20-17)21-13-5-3-12(18)4-6-13/h3-6,11,14H,7-10H2,1-2H3,(H,19,20,21). The summed E-state index contributed by atoms with van der Waals surface area (Å²) in [7, 11) is 3.96. The smallest absolute Gasteiger partial charge is 0.351 e. The number of halogens is 1. The maximum absolute atomic E-state index is 11.8. The number of piperidine rings is 1. The minimum Gasteiger partial charge on any atom is -0.351 e. The second-order valence-corrected chi connectivity index (χ2v) is 7.34. The fourth-order valence-corrected chi connectivity index (χ4v) is 3.38. The Morgan fingerprint density at radius 2 is 1.92 bits per heavy atom. The van der Waals surface area contributed by atoms with Crippen LogP contribution in [0.2, 0.25) is 0 Å². The highest BCUT2D eigenvalue weighted by atomic mass is 79.9. The van der Waals surface area contributed by atoms with Crippen molar-refractivity contribution in [2.75, 3.05) is 37.4 Å². The molecule has 1 aromatic carbocycles. The van der Waals surface area contributed by atoms with Crippen molar-refractivity contribution >= 4 is 38.9 Å². The number of benzene rings is 1. The molecule has 3 rings (SSSR count). The van der Waals surface area contributed by atoms with Crippen LogP contribution in [-0.4, -0.2) is 53.0 Å². The Morgan fingerprint density at radius 1 is 1.27 bits per heavy atom. The maximum atomic E-state index is 11.8. The summed E-state index contributed by atoms with van der Waals surface area (Å²) < 4.78 is 0.933. The molecule has 1 aliphatic heterocycles. The van der Waals surface area contributed by atoms with Crippen molar-refractivity contribution in [1.82, 2.24) is 14.9 Å². The highest BCUT2D eigenvalue weighted by molar-refractivity contribution is 9.10. The van der Waals surface area contributed by atoms with Crippen molar-refractivity contribution in [3.63, 3.8) is 0 Å². The van der Waals surface area contributed by atoms with Gasteiger partial charge in [0.05, 0.1) is 4.92 Å². The van der Waals surface area contributed by atoms with E-state index in [9.17, 15) is 10.1 Å². The molecule has 1 aliphatic rings. The van der Waals surface area contributed by atoms with Crippen LogP contribution >= 0.6 is 15.9 Å². The first-order valence-corrected chi connectivity index (χ1v) is 9.18. The highest BCUT2D eigenvalue weighted by Gasteiger charge is 2.30. The molecule has 1 N–H and O–H groups in total. The molecule has 138 valence electrons. The third-order valence-corrected chi connectivity index (χ3v) is 5.19. The van der Waals surface area contributed by atoms with Crippen LogP contribution in [-0.2, 0) is 0 Å². The van der Waals surface area contributed by atoms with Crippen LogP contribution in [0.5, 0.6) is 0 Å². The molecular weight excluding hydrogens is 400 g/mol. The predicted molar refractivity (Wildman–Crippen MR) is 105 cm³/mol. The van der Waals surface area contributed by atoms with E-state index in [2.05, 4.69) is 43.2 Å². The lowest BCUT2D eigenvalue weighted by Crippen LogP contribution is -2.42. The number of nitrogens with zero attached hydrogens (tertiary/aromatic N) is 5. The van der Waals surface area contributed by atoms with Crippen molar-refractivity contribution in [3.05, 3.63) is 45.2 Å². The first-order valence-electron chi connectivity index (χ1n) is 8.39. The predicted octanol–water partition coefficient (Wildman–Crippen LogP) is 3.42. The number of aromatic nitrogens is 2. The molecule has 2 aromatic rings. The molecular formula is C17H21BrN6O2. The Kier molecular flexibility index (Phi) is 5.67. The van der Waals surface area contributed by atoms with Crippen LogP contribution < -0.4 is 10.2 Å². The van der Waals surface area contributed by atoms with Crippen molar-refractivity contribution in [2.24, 2.45) is 0 Å². The normalized spacial score (nSPS) is 15.7. The molecule has 1 saturated heterocycles. The van der Waals surface area contributed by atoms with Crippen LogP contribution in [0.3, 0.4) is 0 Å². The molecule has 26 heavy (non-hydrogen) atoms. The number of nitro groups is 1. The molecule has 0 spiro atoms. The largest absolute Gasteiger partial charge is 0.353 e. The Hall–Kier alpha value is -2.26. The molecule has 0 amide bonds. The van der Waals surface area contributed by atoms with E-state index in [1.165, 1.54) is 6.33 Å². The molecule has 8 nitrogen and oxygen atoms in total. The Bertz CT molecular complexity index is 777. The van der Waals surface area contributed by atoms with E-state index in [4.69, 9.17) is 0 Å². The van der Waals surface area contributed by atoms with Gasteiger partial charge in [0.2, 0.25) is 11.6 Å². The Balaban J connectivity index is 1.90. The zero-order valence-corrected chi connectivity index (χ0v) is 16.3. The second kappa shape index (κ2) is 7.96. The summed E-state index contributed by atoms with van der Waals surface area (Å²) in [6, 6.07) is 7.61. The lowest BCUT2D eigenvalue weighted by atomic mass is 10.0. The van der Waals surface area contributed by atoms with Gasteiger partial charge in [0.15, 0.2) is 0 Å². The fraction of sp³-hybridized carbons (Fsp3) is 0.412. The molecule has 0 aliphatic carbocycles. The number of hydrogen-bond donors (Lipinski definition) is 1. The van der Waals surface area contributed by atoms with Gasteiger partial charge in [-0.1, -0.05) is 15.9 Å². The van der Waals surface area contributed by atoms with Gasteiger partial charge >= 0.3 is 5.69 Å². The quantitative estimate of drug-likeness (QED) is 0.585. The first kappa shape index (κ1) is 18.5. The Labute approximate surface area is 160 Å². The zero-order chi connectivity index (χ0) is 18.7. The van der Waals surface area contributed by atoms with Crippen LogP contribution in [0.15, 0.2) is 35.1 Å². The molecule has 0 radical (unpaired) electrons. The van der Waals surface area contributed by atoms with E-state index in [0.717, 1.165) is 36.1 Å². The van der Waals surface area contributed by atoms with Gasteiger partial charge in [-0.3, -0.25) is 10.1 Å².